The molecule has 1 heterocycles. The van der Waals surface area contributed by atoms with Crippen molar-refractivity contribution in [3.63, 3.8) is 0 Å². The number of hydrogen-bond acceptors (Lipinski definition) is 6. The van der Waals surface area contributed by atoms with Gasteiger partial charge < -0.3 is 9.64 Å². The summed E-state index contributed by atoms with van der Waals surface area (Å²) in [6, 6.07) is 11.3. The van der Waals surface area contributed by atoms with E-state index in [-0.39, 0.29) is 23.5 Å². The topological polar surface area (TPSA) is 115 Å². The van der Waals surface area contributed by atoms with Gasteiger partial charge in [0.25, 0.3) is 10.0 Å². The zero-order valence-corrected chi connectivity index (χ0v) is 24.2. The number of carbonyl (C=O) groups excluding carboxylic acids is 1. The number of nitrogens with zero attached hydrogens (tertiary/aromatic N) is 2. The van der Waals surface area contributed by atoms with Crippen LogP contribution in [0.3, 0.4) is 0 Å². The Morgan fingerprint density at radius 1 is 1.00 bits per heavy atom. The normalized spacial score (nSPS) is 12.7. The molecule has 0 aliphatic rings. The number of sulfonamides is 1. The van der Waals surface area contributed by atoms with Gasteiger partial charge in [0.1, 0.15) is 11.4 Å². The van der Waals surface area contributed by atoms with Crippen LogP contribution in [0.2, 0.25) is 0 Å². The number of rotatable bonds is 9. The number of alkyl halides is 3. The van der Waals surface area contributed by atoms with Gasteiger partial charge >= 0.3 is 12.3 Å². The lowest BCUT2D eigenvalue weighted by Gasteiger charge is -2.24. The Labute approximate surface area is 235 Å². The third kappa shape index (κ3) is 8.70. The first-order valence-electron chi connectivity index (χ1n) is 12.1. The molecule has 41 heavy (non-hydrogen) atoms. The molecular weight excluding hydrogens is 590 g/mol. The first-order valence-corrected chi connectivity index (χ1v) is 15.2. The number of amides is 1. The SMILES string of the molecule is CN(Cc1cc(-c2ccccc2F)n(S(=O)(=O)c2cccc(NS(=O)(=O)CCC(F)(F)F)c2)c1)C(=O)OC(C)(C)C. The third-order valence-corrected chi connectivity index (χ3v) is 8.39. The molecule has 3 rings (SSSR count). The van der Waals surface area contributed by atoms with E-state index in [0.29, 0.717) is 5.56 Å². The molecule has 0 bridgehead atoms. The number of carbonyl (C=O) groups is 1. The molecule has 0 radical (unpaired) electrons. The van der Waals surface area contributed by atoms with E-state index in [9.17, 15) is 39.2 Å². The van der Waals surface area contributed by atoms with Crippen LogP contribution in [0.4, 0.5) is 28.0 Å². The molecule has 3 aromatic rings. The van der Waals surface area contributed by atoms with E-state index in [0.717, 1.165) is 22.2 Å². The van der Waals surface area contributed by atoms with Crippen LogP contribution in [-0.2, 0) is 31.3 Å². The maximum absolute atomic E-state index is 14.8. The summed E-state index contributed by atoms with van der Waals surface area (Å²) in [5.74, 6) is -1.97. The smallest absolute Gasteiger partial charge is 0.410 e. The number of aromatic nitrogens is 1. The van der Waals surface area contributed by atoms with Crippen LogP contribution in [0.15, 0.2) is 65.7 Å². The minimum absolute atomic E-state index is 0.0637. The minimum Gasteiger partial charge on any atom is -0.444 e. The van der Waals surface area contributed by atoms with Gasteiger partial charge in [0.05, 0.1) is 29.3 Å². The van der Waals surface area contributed by atoms with Crippen LogP contribution in [-0.4, -0.2) is 56.4 Å². The summed E-state index contributed by atoms with van der Waals surface area (Å²) in [5.41, 5.74) is -0.891. The lowest BCUT2D eigenvalue weighted by Crippen LogP contribution is -2.33. The van der Waals surface area contributed by atoms with Gasteiger partial charge in [-0.2, -0.15) is 13.2 Å². The van der Waals surface area contributed by atoms with Crippen LogP contribution >= 0.6 is 0 Å². The van der Waals surface area contributed by atoms with Crippen molar-refractivity contribution in [2.75, 3.05) is 17.5 Å². The summed E-state index contributed by atoms with van der Waals surface area (Å²) in [7, 11) is -7.52. The van der Waals surface area contributed by atoms with Crippen molar-refractivity contribution in [3.05, 3.63) is 72.2 Å². The minimum atomic E-state index is -4.70. The Hall–Kier alpha value is -3.59. The quantitative estimate of drug-likeness (QED) is 0.312. The zero-order valence-electron chi connectivity index (χ0n) is 22.6. The Balaban J connectivity index is 2.02. The number of nitrogens with one attached hydrogen (secondary N) is 1. The van der Waals surface area contributed by atoms with Gasteiger partial charge in [-0.25, -0.2) is 30.0 Å². The highest BCUT2D eigenvalue weighted by Gasteiger charge is 2.30. The molecule has 0 spiro atoms. The fourth-order valence-electron chi connectivity index (χ4n) is 3.64. The monoisotopic (exact) mass is 619 g/mol. The number of ether oxygens (including phenoxy) is 1. The number of anilines is 1. The highest BCUT2D eigenvalue weighted by Crippen LogP contribution is 2.31. The van der Waals surface area contributed by atoms with Gasteiger partial charge in [-0.05, 0) is 62.7 Å². The van der Waals surface area contributed by atoms with Gasteiger partial charge in [0.15, 0.2) is 0 Å². The Morgan fingerprint density at radius 3 is 2.27 bits per heavy atom. The molecule has 9 nitrogen and oxygen atoms in total. The van der Waals surface area contributed by atoms with Gasteiger partial charge in [0.2, 0.25) is 10.0 Å². The maximum atomic E-state index is 14.8. The van der Waals surface area contributed by atoms with Crippen LogP contribution in [0, 0.1) is 5.82 Å². The van der Waals surface area contributed by atoms with Crippen LogP contribution in [0.1, 0.15) is 32.8 Å². The number of halogens is 4. The predicted molar refractivity (Wildman–Crippen MR) is 145 cm³/mol. The lowest BCUT2D eigenvalue weighted by molar-refractivity contribution is -0.129. The van der Waals surface area contributed by atoms with Crippen molar-refractivity contribution in [3.8, 4) is 11.3 Å². The molecule has 1 aromatic heterocycles. The molecule has 0 saturated carbocycles. The Bertz CT molecular complexity index is 1630. The molecule has 15 heteroatoms. The highest BCUT2D eigenvalue weighted by atomic mass is 32.2. The molecule has 0 saturated heterocycles. The van der Waals surface area contributed by atoms with Gasteiger partial charge in [-0.15, -0.1) is 0 Å². The zero-order chi connectivity index (χ0) is 30.8. The molecule has 224 valence electrons. The van der Waals surface area contributed by atoms with Crippen LogP contribution in [0.5, 0.6) is 0 Å². The predicted octanol–water partition coefficient (Wildman–Crippen LogP) is 5.59. The summed E-state index contributed by atoms with van der Waals surface area (Å²) in [6.45, 7) is 4.95. The van der Waals surface area contributed by atoms with Crippen molar-refractivity contribution >= 4 is 31.8 Å². The van der Waals surface area contributed by atoms with Gasteiger partial charge in [-0.1, -0.05) is 18.2 Å². The summed E-state index contributed by atoms with van der Waals surface area (Å²) >= 11 is 0. The summed E-state index contributed by atoms with van der Waals surface area (Å²) in [4.78, 5) is 13.2. The van der Waals surface area contributed by atoms with Crippen molar-refractivity contribution in [1.29, 1.82) is 0 Å². The number of hydrogen-bond donors (Lipinski definition) is 1. The first-order chi connectivity index (χ1) is 18.8. The number of benzene rings is 2. The molecule has 0 unspecified atom stereocenters. The average molecular weight is 620 g/mol. The van der Waals surface area contributed by atoms with Crippen LogP contribution < -0.4 is 4.72 Å². The van der Waals surface area contributed by atoms with Crippen molar-refractivity contribution in [1.82, 2.24) is 8.87 Å². The summed E-state index contributed by atoms with van der Waals surface area (Å²) in [5, 5.41) is 0. The van der Waals surface area contributed by atoms with E-state index in [2.05, 4.69) is 0 Å². The van der Waals surface area contributed by atoms with E-state index in [1.165, 1.54) is 54.5 Å². The Kier molecular flexibility index (Phi) is 9.13. The standard InChI is InChI=1S/C26H29F4N3O6S2/c1-25(2,3)39-24(34)32(4)16-18-14-23(21-10-5-6-11-22(21)27)33(17-18)41(37,38)20-9-7-8-19(15-20)31-40(35,36)13-12-26(28,29)30/h5-11,14-15,17,31H,12-13,16H2,1-4H3. The summed E-state index contributed by atoms with van der Waals surface area (Å²) < 4.78 is 112. The lowest BCUT2D eigenvalue weighted by atomic mass is 10.1. The van der Waals surface area contributed by atoms with Crippen molar-refractivity contribution in [2.24, 2.45) is 0 Å². The molecule has 0 fully saturated rings. The second kappa shape index (κ2) is 11.7. The molecule has 1 N–H and O–H groups in total. The third-order valence-electron chi connectivity index (χ3n) is 5.44. The Morgan fingerprint density at radius 2 is 1.66 bits per heavy atom. The van der Waals surface area contributed by atoms with E-state index in [4.69, 9.17) is 4.74 Å². The fraction of sp³-hybridized carbons (Fsp3) is 0.346. The van der Waals surface area contributed by atoms with Crippen molar-refractivity contribution < 1.29 is 43.9 Å². The van der Waals surface area contributed by atoms with E-state index in [1.807, 2.05) is 4.72 Å². The maximum Gasteiger partial charge on any atom is 0.410 e. The highest BCUT2D eigenvalue weighted by molar-refractivity contribution is 7.92. The first kappa shape index (κ1) is 31.9. The average Bonchev–Trinajstić information content (AvgIpc) is 3.26. The van der Waals surface area contributed by atoms with Crippen molar-refractivity contribution in [2.45, 2.75) is 50.4 Å². The largest absolute Gasteiger partial charge is 0.444 e. The van der Waals surface area contributed by atoms with Gasteiger partial charge in [-0.3, -0.25) is 4.72 Å². The molecule has 1 amide bonds. The molecule has 0 atom stereocenters. The van der Waals surface area contributed by atoms with E-state index >= 15 is 0 Å². The second-order valence-corrected chi connectivity index (χ2v) is 13.8. The van der Waals surface area contributed by atoms with Crippen LogP contribution in [0.25, 0.3) is 11.3 Å². The van der Waals surface area contributed by atoms with Gasteiger partial charge in [0, 0.05) is 24.5 Å². The second-order valence-electron chi connectivity index (χ2n) is 10.2. The van der Waals surface area contributed by atoms with E-state index in [1.54, 1.807) is 20.8 Å². The van der Waals surface area contributed by atoms with E-state index < -0.39 is 60.8 Å². The molecular formula is C26H29F4N3O6S2. The summed E-state index contributed by atoms with van der Waals surface area (Å²) in [6.07, 6.45) is -5.77. The molecule has 0 aliphatic heterocycles. The molecule has 0 aliphatic carbocycles. The molecule has 2 aromatic carbocycles. The fourth-order valence-corrected chi connectivity index (χ4v) is 6.17.